The average molecular weight is 473 g/mol. The Morgan fingerprint density at radius 1 is 1.06 bits per heavy atom. The van der Waals surface area contributed by atoms with E-state index < -0.39 is 23.0 Å². The van der Waals surface area contributed by atoms with Crippen molar-refractivity contribution >= 4 is 39.4 Å². The number of H-pyrrole nitrogens is 1. The van der Waals surface area contributed by atoms with Gasteiger partial charge in [0.2, 0.25) is 0 Å². The molecule has 0 aliphatic carbocycles. The first kappa shape index (κ1) is 22.3. The lowest BCUT2D eigenvalue weighted by Crippen LogP contribution is -2.23. The summed E-state index contributed by atoms with van der Waals surface area (Å²) in [5, 5.41) is 0.121. The number of rotatable bonds is 2. The maximum atomic E-state index is 14.1. The van der Waals surface area contributed by atoms with Gasteiger partial charge in [0.15, 0.2) is 11.5 Å². The van der Waals surface area contributed by atoms with Gasteiger partial charge in [0.05, 0.1) is 22.4 Å². The summed E-state index contributed by atoms with van der Waals surface area (Å²) in [6.45, 7) is 1.80. The van der Waals surface area contributed by atoms with Crippen molar-refractivity contribution in [3.05, 3.63) is 87.6 Å². The molecule has 0 bridgehead atoms. The largest absolute Gasteiger partial charge is 0.382 e. The van der Waals surface area contributed by atoms with Gasteiger partial charge in [-0.15, -0.1) is 0 Å². The van der Waals surface area contributed by atoms with Crippen molar-refractivity contribution in [3.63, 3.8) is 0 Å². The number of imidazole rings is 1. The molecule has 0 unspecified atom stereocenters. The number of benzene rings is 2. The second-order valence-electron chi connectivity index (χ2n) is 6.91. The van der Waals surface area contributed by atoms with E-state index in [1.54, 1.807) is 13.0 Å². The quantitative estimate of drug-likeness (QED) is 0.392. The van der Waals surface area contributed by atoms with E-state index in [1.165, 1.54) is 30.9 Å². The van der Waals surface area contributed by atoms with Crippen LogP contribution >= 0.6 is 11.6 Å². The van der Waals surface area contributed by atoms with Gasteiger partial charge in [-0.2, -0.15) is 0 Å². The van der Waals surface area contributed by atoms with Crippen LogP contribution in [0.1, 0.15) is 12.6 Å². The number of pyridine rings is 1. The molecule has 0 spiro atoms. The summed E-state index contributed by atoms with van der Waals surface area (Å²) in [7, 11) is 0. The number of fused-ring (bicyclic) bond motifs is 2. The molecule has 0 saturated heterocycles. The number of nitrogen functional groups attached to an aromatic ring is 1. The van der Waals surface area contributed by atoms with Gasteiger partial charge in [0.25, 0.3) is 5.56 Å². The molecule has 0 amide bonds. The van der Waals surface area contributed by atoms with Crippen molar-refractivity contribution in [2.24, 2.45) is 0 Å². The molecule has 3 aromatic heterocycles. The van der Waals surface area contributed by atoms with Gasteiger partial charge in [0.1, 0.15) is 29.3 Å². The first-order valence-electron chi connectivity index (χ1n) is 9.69. The number of anilines is 1. The van der Waals surface area contributed by atoms with E-state index >= 15 is 0 Å². The minimum absolute atomic E-state index is 0.0346. The van der Waals surface area contributed by atoms with E-state index in [4.69, 9.17) is 17.3 Å². The number of hydrogen-bond acceptors (Lipinski definition) is 5. The molecule has 0 aliphatic rings. The highest BCUT2D eigenvalue weighted by molar-refractivity contribution is 6.35. The van der Waals surface area contributed by atoms with Crippen molar-refractivity contribution < 1.29 is 13.2 Å². The summed E-state index contributed by atoms with van der Waals surface area (Å²) >= 11 is 5.91. The maximum absolute atomic E-state index is 14.1. The lowest BCUT2D eigenvalue weighted by Gasteiger charge is -2.15. The van der Waals surface area contributed by atoms with E-state index in [1.807, 2.05) is 0 Å². The molecular formula is C22H16ClF3N6O. The van der Waals surface area contributed by atoms with Crippen LogP contribution in [0.2, 0.25) is 5.02 Å². The number of hydrogen-bond donors (Lipinski definition) is 2. The molecule has 3 N–H and O–H groups in total. The van der Waals surface area contributed by atoms with Gasteiger partial charge in [-0.1, -0.05) is 24.6 Å². The normalized spacial score (nSPS) is 10.9. The first-order chi connectivity index (χ1) is 15.8. The second kappa shape index (κ2) is 8.91. The van der Waals surface area contributed by atoms with Crippen LogP contribution < -0.4 is 11.3 Å². The summed E-state index contributed by atoms with van der Waals surface area (Å²) in [6, 6.07) is 7.18. The molecule has 5 aromatic rings. The van der Waals surface area contributed by atoms with Crippen molar-refractivity contribution in [2.75, 3.05) is 5.73 Å². The Morgan fingerprint density at radius 3 is 2.55 bits per heavy atom. The molecule has 0 radical (unpaired) electrons. The van der Waals surface area contributed by atoms with E-state index in [0.717, 1.165) is 10.6 Å². The SMILES string of the molecule is CCc1cc2ccc(F)c(Cl)c2c(=O)n1-c1ccc(F)cc1F.Nc1ncnc2nc[nH]c12. The topological polar surface area (TPSA) is 102 Å². The number of nitrogens with two attached hydrogens (primary N) is 1. The number of nitrogens with zero attached hydrogens (tertiary/aromatic N) is 4. The van der Waals surface area contributed by atoms with Crippen LogP contribution in [-0.4, -0.2) is 24.5 Å². The molecule has 0 atom stereocenters. The molecule has 0 fully saturated rings. The third-order valence-electron chi connectivity index (χ3n) is 4.92. The number of aromatic amines is 1. The zero-order valence-corrected chi connectivity index (χ0v) is 17.9. The smallest absolute Gasteiger partial charge is 0.264 e. The van der Waals surface area contributed by atoms with Crippen molar-refractivity contribution in [1.82, 2.24) is 24.5 Å². The highest BCUT2D eigenvalue weighted by atomic mass is 35.5. The highest BCUT2D eigenvalue weighted by Gasteiger charge is 2.17. The molecule has 7 nitrogen and oxygen atoms in total. The number of aryl methyl sites for hydroxylation is 1. The van der Waals surface area contributed by atoms with Crippen molar-refractivity contribution in [2.45, 2.75) is 13.3 Å². The second-order valence-corrected chi connectivity index (χ2v) is 7.29. The van der Waals surface area contributed by atoms with Gasteiger partial charge in [-0.3, -0.25) is 9.36 Å². The Balaban J connectivity index is 0.000000214. The van der Waals surface area contributed by atoms with Gasteiger partial charge in [-0.05, 0) is 36.1 Å². The predicted molar refractivity (Wildman–Crippen MR) is 120 cm³/mol. The van der Waals surface area contributed by atoms with E-state index in [0.29, 0.717) is 40.5 Å². The molecule has 0 aliphatic heterocycles. The van der Waals surface area contributed by atoms with Crippen LogP contribution in [0.25, 0.3) is 27.6 Å². The van der Waals surface area contributed by atoms with Crippen LogP contribution in [0.5, 0.6) is 0 Å². The molecule has 3 heterocycles. The van der Waals surface area contributed by atoms with E-state index in [2.05, 4.69) is 19.9 Å². The van der Waals surface area contributed by atoms with Gasteiger partial charge in [-0.25, -0.2) is 28.1 Å². The predicted octanol–water partition coefficient (Wildman–Crippen LogP) is 4.56. The monoisotopic (exact) mass is 472 g/mol. The zero-order valence-electron chi connectivity index (χ0n) is 17.1. The van der Waals surface area contributed by atoms with Gasteiger partial charge >= 0.3 is 0 Å². The van der Waals surface area contributed by atoms with Crippen LogP contribution in [0, 0.1) is 17.5 Å². The lowest BCUT2D eigenvalue weighted by atomic mass is 10.1. The molecular weight excluding hydrogens is 457 g/mol. The van der Waals surface area contributed by atoms with Crippen LogP contribution in [-0.2, 0) is 6.42 Å². The average Bonchev–Trinajstić information content (AvgIpc) is 3.27. The summed E-state index contributed by atoms with van der Waals surface area (Å²) in [5.41, 5.74) is 6.54. The van der Waals surface area contributed by atoms with Crippen molar-refractivity contribution in [1.29, 1.82) is 0 Å². The standard InChI is InChI=1S/C17H11ClF3NO.C5H5N5/c1-2-11-7-9-3-5-12(20)16(18)15(9)17(23)22(11)14-6-4-10(19)8-13(14)21;6-4-3-5(9-1-7-3)10-2-8-4/h3-8H,2H2,1H3;1-2H,(H3,6,7,8,9,10). The molecule has 5 rings (SSSR count). The first-order valence-corrected chi connectivity index (χ1v) is 10.1. The van der Waals surface area contributed by atoms with Crippen LogP contribution in [0.3, 0.4) is 0 Å². The molecule has 2 aromatic carbocycles. The molecule has 0 saturated carbocycles. The van der Waals surface area contributed by atoms with E-state index in [9.17, 15) is 18.0 Å². The minimum atomic E-state index is -0.881. The fourth-order valence-corrected chi connectivity index (χ4v) is 3.61. The Hall–Kier alpha value is -3.92. The Labute approximate surface area is 189 Å². The number of nitrogens with one attached hydrogen (secondary N) is 1. The third-order valence-corrected chi connectivity index (χ3v) is 5.29. The van der Waals surface area contributed by atoms with Gasteiger partial charge < -0.3 is 10.7 Å². The van der Waals surface area contributed by atoms with Gasteiger partial charge in [0, 0.05) is 11.8 Å². The lowest BCUT2D eigenvalue weighted by molar-refractivity contribution is 0.575. The van der Waals surface area contributed by atoms with E-state index in [-0.39, 0.29) is 16.1 Å². The Morgan fingerprint density at radius 2 is 1.85 bits per heavy atom. The number of aromatic nitrogens is 5. The fraction of sp³-hybridized carbons (Fsp3) is 0.0909. The zero-order chi connectivity index (χ0) is 23.7. The molecule has 11 heteroatoms. The highest BCUT2D eigenvalue weighted by Crippen LogP contribution is 2.26. The minimum Gasteiger partial charge on any atom is -0.382 e. The van der Waals surface area contributed by atoms with Crippen LogP contribution in [0.4, 0.5) is 19.0 Å². The third kappa shape index (κ3) is 4.12. The molecule has 168 valence electrons. The van der Waals surface area contributed by atoms with Crippen molar-refractivity contribution in [3.8, 4) is 5.69 Å². The van der Waals surface area contributed by atoms with Crippen LogP contribution in [0.15, 0.2) is 53.8 Å². The fourth-order valence-electron chi connectivity index (χ4n) is 3.36. The molecule has 33 heavy (non-hydrogen) atoms. The Kier molecular flexibility index (Phi) is 6.01. The summed E-state index contributed by atoms with van der Waals surface area (Å²) in [5.74, 6) is -1.93. The summed E-state index contributed by atoms with van der Waals surface area (Å²) < 4.78 is 42.0. The maximum Gasteiger partial charge on any atom is 0.264 e. The summed E-state index contributed by atoms with van der Waals surface area (Å²) in [4.78, 5) is 27.1. The summed E-state index contributed by atoms with van der Waals surface area (Å²) in [6.07, 6.45) is 3.35. The number of halogens is 4. The Bertz CT molecular complexity index is 1550.